The van der Waals surface area contributed by atoms with Crippen molar-refractivity contribution in [1.29, 1.82) is 0 Å². The first-order valence-corrected chi connectivity index (χ1v) is 2.57. The number of amides is 1. The van der Waals surface area contributed by atoms with Crippen molar-refractivity contribution in [3.05, 3.63) is 12.2 Å². The van der Waals surface area contributed by atoms with E-state index < -0.39 is 5.91 Å². The predicted octanol–water partition coefficient (Wildman–Crippen LogP) is -1.01. The smallest absolute Gasteiger partial charge is 0.269 e. The summed E-state index contributed by atoms with van der Waals surface area (Å²) >= 11 is 0. The van der Waals surface area contributed by atoms with Gasteiger partial charge in [-0.1, -0.05) is 6.08 Å². The van der Waals surface area contributed by atoms with Gasteiger partial charge in [-0.15, -0.1) is 0 Å². The molecule has 1 heterocycles. The molecule has 0 unspecified atom stereocenters. The summed E-state index contributed by atoms with van der Waals surface area (Å²) in [5.74, 6) is -0.501. The predicted molar refractivity (Wildman–Crippen MR) is 33.8 cm³/mol. The molecule has 48 valence electrons. The summed E-state index contributed by atoms with van der Waals surface area (Å²) in [5, 5.41) is 3.63. The van der Waals surface area contributed by atoms with Gasteiger partial charge in [-0.25, -0.2) is 0 Å². The highest BCUT2D eigenvalue weighted by atomic mass is 16.1. The fourth-order valence-corrected chi connectivity index (χ4v) is 0.529. The monoisotopic (exact) mass is 125 g/mol. The van der Waals surface area contributed by atoms with Gasteiger partial charge in [-0.05, 0) is 6.08 Å². The van der Waals surface area contributed by atoms with Crippen LogP contribution in [0.2, 0.25) is 0 Å². The molecule has 9 heavy (non-hydrogen) atoms. The second kappa shape index (κ2) is 2.30. The molecule has 1 aliphatic heterocycles. The molecule has 1 amide bonds. The first-order valence-electron chi connectivity index (χ1n) is 2.57. The van der Waals surface area contributed by atoms with Gasteiger partial charge in [0.25, 0.3) is 5.91 Å². The van der Waals surface area contributed by atoms with Crippen molar-refractivity contribution in [3.8, 4) is 0 Å². The number of carbonyl (C=O) groups is 1. The molecule has 0 aliphatic carbocycles. The lowest BCUT2D eigenvalue weighted by Crippen LogP contribution is -2.26. The maximum atomic E-state index is 10.4. The SMILES string of the molecule is NC(=O)C1=NNCC=C1. The number of rotatable bonds is 1. The molecule has 4 nitrogen and oxygen atoms in total. The molecule has 0 spiro atoms. The quantitative estimate of drug-likeness (QED) is 0.471. The van der Waals surface area contributed by atoms with Gasteiger partial charge in [-0.3, -0.25) is 4.79 Å². The molecule has 1 rings (SSSR count). The van der Waals surface area contributed by atoms with Crippen molar-refractivity contribution in [3.63, 3.8) is 0 Å². The van der Waals surface area contributed by atoms with Crippen LogP contribution in [-0.4, -0.2) is 18.2 Å². The molecular weight excluding hydrogens is 118 g/mol. The first-order chi connectivity index (χ1) is 4.30. The van der Waals surface area contributed by atoms with E-state index in [1.165, 1.54) is 0 Å². The van der Waals surface area contributed by atoms with Crippen molar-refractivity contribution < 1.29 is 4.79 Å². The van der Waals surface area contributed by atoms with Gasteiger partial charge >= 0.3 is 0 Å². The van der Waals surface area contributed by atoms with Gasteiger partial charge in [0, 0.05) is 0 Å². The topological polar surface area (TPSA) is 67.5 Å². The Balaban J connectivity index is 2.69. The average Bonchev–Trinajstić information content (AvgIpc) is 1.90. The fraction of sp³-hybridized carbons (Fsp3) is 0.200. The van der Waals surface area contributed by atoms with E-state index >= 15 is 0 Å². The Morgan fingerprint density at radius 1 is 1.89 bits per heavy atom. The third-order valence-corrected chi connectivity index (χ3v) is 0.937. The molecule has 0 fully saturated rings. The van der Waals surface area contributed by atoms with E-state index in [0.29, 0.717) is 6.54 Å². The normalized spacial score (nSPS) is 16.2. The van der Waals surface area contributed by atoms with Crippen LogP contribution in [0.4, 0.5) is 0 Å². The lowest BCUT2D eigenvalue weighted by Gasteiger charge is -2.01. The van der Waals surface area contributed by atoms with Crippen LogP contribution in [0.1, 0.15) is 0 Å². The number of carbonyl (C=O) groups excluding carboxylic acids is 1. The minimum atomic E-state index is -0.501. The number of nitrogens with two attached hydrogens (primary N) is 1. The van der Waals surface area contributed by atoms with Crippen molar-refractivity contribution in [1.82, 2.24) is 5.43 Å². The summed E-state index contributed by atoms with van der Waals surface area (Å²) in [4.78, 5) is 10.4. The second-order valence-corrected chi connectivity index (χ2v) is 1.63. The molecule has 0 saturated carbocycles. The zero-order chi connectivity index (χ0) is 6.69. The van der Waals surface area contributed by atoms with Crippen molar-refractivity contribution >= 4 is 11.6 Å². The lowest BCUT2D eigenvalue weighted by molar-refractivity contribution is -0.111. The summed E-state index contributed by atoms with van der Waals surface area (Å²) in [6.07, 6.45) is 3.38. The number of nitrogens with one attached hydrogen (secondary N) is 1. The van der Waals surface area contributed by atoms with E-state index in [2.05, 4.69) is 10.5 Å². The molecule has 0 aromatic heterocycles. The molecule has 4 heteroatoms. The molecule has 0 aromatic carbocycles. The molecular formula is C5H7N3O. The maximum Gasteiger partial charge on any atom is 0.269 e. The Labute approximate surface area is 52.4 Å². The largest absolute Gasteiger partial charge is 0.364 e. The molecule has 0 bridgehead atoms. The molecule has 1 aliphatic rings. The van der Waals surface area contributed by atoms with Crippen LogP contribution in [0.15, 0.2) is 17.3 Å². The van der Waals surface area contributed by atoms with Crippen LogP contribution in [-0.2, 0) is 4.79 Å². The second-order valence-electron chi connectivity index (χ2n) is 1.63. The maximum absolute atomic E-state index is 10.4. The van der Waals surface area contributed by atoms with E-state index in [1.807, 2.05) is 0 Å². The van der Waals surface area contributed by atoms with E-state index in [1.54, 1.807) is 12.2 Å². The Bertz CT molecular complexity index is 183. The summed E-state index contributed by atoms with van der Waals surface area (Å²) in [6, 6.07) is 0. The van der Waals surface area contributed by atoms with Crippen molar-refractivity contribution in [2.24, 2.45) is 10.8 Å². The van der Waals surface area contributed by atoms with Gasteiger partial charge in [0.15, 0.2) is 0 Å². The van der Waals surface area contributed by atoms with Gasteiger partial charge in [0.05, 0.1) is 6.54 Å². The standard InChI is InChI=1S/C5H7N3O/c6-5(9)4-2-1-3-7-8-4/h1-2,7H,3H2,(H2,6,9). The summed E-state index contributed by atoms with van der Waals surface area (Å²) < 4.78 is 0. The minimum Gasteiger partial charge on any atom is -0.364 e. The number of nitrogens with zero attached hydrogens (tertiary/aromatic N) is 1. The zero-order valence-electron chi connectivity index (χ0n) is 4.79. The molecule has 0 aromatic rings. The third kappa shape index (κ3) is 1.28. The summed E-state index contributed by atoms with van der Waals surface area (Å²) in [5.41, 5.74) is 7.80. The minimum absolute atomic E-state index is 0.279. The Hall–Kier alpha value is -1.32. The van der Waals surface area contributed by atoms with Crippen LogP contribution >= 0.6 is 0 Å². The number of hydrogen-bond acceptors (Lipinski definition) is 3. The Morgan fingerprint density at radius 2 is 2.67 bits per heavy atom. The van der Waals surface area contributed by atoms with Crippen LogP contribution in [0, 0.1) is 0 Å². The van der Waals surface area contributed by atoms with E-state index in [0.717, 1.165) is 0 Å². The zero-order valence-corrected chi connectivity index (χ0v) is 4.79. The van der Waals surface area contributed by atoms with Crippen LogP contribution < -0.4 is 11.2 Å². The van der Waals surface area contributed by atoms with Crippen LogP contribution in [0.25, 0.3) is 0 Å². The summed E-state index contributed by atoms with van der Waals surface area (Å²) in [6.45, 7) is 0.663. The van der Waals surface area contributed by atoms with Crippen molar-refractivity contribution in [2.75, 3.05) is 6.54 Å². The molecule has 0 radical (unpaired) electrons. The number of hydrazone groups is 1. The Morgan fingerprint density at radius 3 is 3.00 bits per heavy atom. The van der Waals surface area contributed by atoms with E-state index in [-0.39, 0.29) is 5.71 Å². The fourth-order valence-electron chi connectivity index (χ4n) is 0.529. The summed E-state index contributed by atoms with van der Waals surface area (Å²) in [7, 11) is 0. The average molecular weight is 125 g/mol. The van der Waals surface area contributed by atoms with Gasteiger partial charge in [0.2, 0.25) is 0 Å². The molecule has 3 N–H and O–H groups in total. The highest BCUT2D eigenvalue weighted by Crippen LogP contribution is 1.84. The van der Waals surface area contributed by atoms with Gasteiger partial charge < -0.3 is 11.2 Å². The third-order valence-electron chi connectivity index (χ3n) is 0.937. The molecule has 0 saturated heterocycles. The lowest BCUT2D eigenvalue weighted by atomic mass is 10.3. The first kappa shape index (κ1) is 5.81. The number of primary amides is 1. The van der Waals surface area contributed by atoms with Gasteiger partial charge in [-0.2, -0.15) is 5.10 Å². The van der Waals surface area contributed by atoms with Gasteiger partial charge in [0.1, 0.15) is 5.71 Å². The van der Waals surface area contributed by atoms with E-state index in [9.17, 15) is 4.79 Å². The highest BCUT2D eigenvalue weighted by molar-refractivity contribution is 6.42. The van der Waals surface area contributed by atoms with Crippen molar-refractivity contribution in [2.45, 2.75) is 0 Å². The highest BCUT2D eigenvalue weighted by Gasteiger charge is 2.03. The molecule has 0 atom stereocenters. The van der Waals surface area contributed by atoms with Crippen LogP contribution in [0.5, 0.6) is 0 Å². The van der Waals surface area contributed by atoms with Crippen LogP contribution in [0.3, 0.4) is 0 Å². The number of hydrogen-bond donors (Lipinski definition) is 2. The Kier molecular flexibility index (Phi) is 1.48. The van der Waals surface area contributed by atoms with E-state index in [4.69, 9.17) is 5.73 Å².